The molecule has 122 valence electrons. The highest BCUT2D eigenvalue weighted by Crippen LogP contribution is 2.31. The van der Waals surface area contributed by atoms with E-state index in [1.165, 1.54) is 20.7 Å². The molecule has 0 spiro atoms. The molecule has 0 unspecified atom stereocenters. The molecular formula is C15H10Br2N4S3. The number of aliphatic imine (C=N–C) groups is 1. The molecule has 0 bridgehead atoms. The number of nitrogens with zero attached hydrogens (tertiary/aromatic N) is 3. The molecule has 0 amide bonds. The zero-order chi connectivity index (χ0) is 17.1. The van der Waals surface area contributed by atoms with E-state index in [2.05, 4.69) is 41.8 Å². The lowest BCUT2D eigenvalue weighted by Crippen LogP contribution is -2.33. The Hall–Kier alpha value is -1.13. The van der Waals surface area contributed by atoms with E-state index in [0.29, 0.717) is 15.0 Å². The Bertz CT molecular complexity index is 917. The first-order valence-electron chi connectivity index (χ1n) is 6.65. The van der Waals surface area contributed by atoms with Crippen LogP contribution in [0.15, 0.2) is 62.5 Å². The van der Waals surface area contributed by atoms with E-state index in [4.69, 9.17) is 18.0 Å². The number of halogens is 2. The Morgan fingerprint density at radius 2 is 1.58 bits per heavy atom. The largest absolute Gasteiger partial charge is 0.369 e. The van der Waals surface area contributed by atoms with Crippen LogP contribution in [0, 0.1) is 3.95 Å². The van der Waals surface area contributed by atoms with Crippen molar-refractivity contribution in [1.29, 1.82) is 0 Å². The Kier molecular flexibility index (Phi) is 5.77. The third-order valence-corrected chi connectivity index (χ3v) is 6.58. The summed E-state index contributed by atoms with van der Waals surface area (Å²) in [6, 6.07) is 15.4. The minimum atomic E-state index is 0.330. The molecule has 0 saturated carbocycles. The van der Waals surface area contributed by atoms with E-state index < -0.39 is 0 Å². The van der Waals surface area contributed by atoms with Crippen molar-refractivity contribution in [3.8, 4) is 0 Å². The predicted octanol–water partition coefficient (Wildman–Crippen LogP) is 6.24. The number of guanidine groups is 1. The van der Waals surface area contributed by atoms with Gasteiger partial charge in [-0.25, -0.2) is 4.99 Å². The average Bonchev–Trinajstić information content (AvgIpc) is 2.98. The summed E-state index contributed by atoms with van der Waals surface area (Å²) in [7, 11) is 2.90. The number of anilines is 2. The van der Waals surface area contributed by atoms with Gasteiger partial charge in [-0.2, -0.15) is 4.98 Å². The van der Waals surface area contributed by atoms with E-state index in [0.717, 1.165) is 20.3 Å². The number of benzene rings is 2. The van der Waals surface area contributed by atoms with Gasteiger partial charge in [-0.05, 0) is 81.4 Å². The lowest BCUT2D eigenvalue weighted by molar-refractivity contribution is 1.23. The molecule has 2 N–H and O–H groups in total. The number of nitrogens with two attached hydrogens (primary N) is 1. The minimum absolute atomic E-state index is 0.330. The van der Waals surface area contributed by atoms with Gasteiger partial charge < -0.3 is 5.73 Å². The number of hydrogen-bond acceptors (Lipinski definition) is 5. The molecule has 2 aromatic carbocycles. The highest BCUT2D eigenvalue weighted by Gasteiger charge is 2.17. The highest BCUT2D eigenvalue weighted by molar-refractivity contribution is 9.10. The Morgan fingerprint density at radius 1 is 1.00 bits per heavy atom. The number of hydrogen-bond donors (Lipinski definition) is 1. The summed E-state index contributed by atoms with van der Waals surface area (Å²) in [4.78, 5) is 10.7. The number of aromatic nitrogens is 1. The summed E-state index contributed by atoms with van der Waals surface area (Å²) in [5.74, 6) is 0.330. The number of rotatable bonds is 3. The van der Waals surface area contributed by atoms with Crippen molar-refractivity contribution in [3.63, 3.8) is 0 Å². The zero-order valence-corrected chi connectivity index (χ0v) is 17.6. The summed E-state index contributed by atoms with van der Waals surface area (Å²) in [5, 5.41) is 0.700. The van der Waals surface area contributed by atoms with Gasteiger partial charge in [0.25, 0.3) is 0 Å². The fourth-order valence-electron chi connectivity index (χ4n) is 1.90. The molecule has 1 heterocycles. The van der Waals surface area contributed by atoms with E-state index in [-0.39, 0.29) is 0 Å². The van der Waals surface area contributed by atoms with Crippen LogP contribution in [0.3, 0.4) is 0 Å². The average molecular weight is 502 g/mol. The maximum Gasteiger partial charge on any atom is 0.209 e. The Labute approximate surface area is 168 Å². The molecule has 9 heteroatoms. The van der Waals surface area contributed by atoms with Crippen molar-refractivity contribution in [1.82, 2.24) is 4.98 Å². The van der Waals surface area contributed by atoms with Crippen LogP contribution in [-0.2, 0) is 0 Å². The molecule has 3 aromatic rings. The first-order chi connectivity index (χ1) is 11.5. The van der Waals surface area contributed by atoms with E-state index >= 15 is 0 Å². The molecule has 1 aromatic heterocycles. The van der Waals surface area contributed by atoms with Crippen LogP contribution in [0.1, 0.15) is 0 Å². The SMILES string of the molecule is NC(=Nc1ccc(Br)cc1)N(c1ccc(Br)cc1)c1nc(=S)ss1. The van der Waals surface area contributed by atoms with E-state index in [9.17, 15) is 0 Å². The summed E-state index contributed by atoms with van der Waals surface area (Å²) < 4.78 is 2.55. The van der Waals surface area contributed by atoms with Crippen LogP contribution in [0.25, 0.3) is 0 Å². The second-order valence-corrected chi connectivity index (χ2v) is 9.15. The van der Waals surface area contributed by atoms with Gasteiger partial charge in [0, 0.05) is 8.95 Å². The fourth-order valence-corrected chi connectivity index (χ4v) is 4.50. The van der Waals surface area contributed by atoms with Gasteiger partial charge in [0.2, 0.25) is 11.1 Å². The van der Waals surface area contributed by atoms with Crippen molar-refractivity contribution in [3.05, 3.63) is 61.4 Å². The molecule has 24 heavy (non-hydrogen) atoms. The van der Waals surface area contributed by atoms with Gasteiger partial charge in [0.1, 0.15) is 0 Å². The molecule has 0 atom stereocenters. The Balaban J connectivity index is 2.05. The normalized spacial score (nSPS) is 11.5. The first kappa shape index (κ1) is 17.7. The van der Waals surface area contributed by atoms with Crippen molar-refractivity contribution in [2.45, 2.75) is 0 Å². The fraction of sp³-hybridized carbons (Fsp3) is 0. The quantitative estimate of drug-likeness (QED) is 0.199. The molecule has 4 nitrogen and oxygen atoms in total. The van der Waals surface area contributed by atoms with Crippen LogP contribution in [-0.4, -0.2) is 10.9 Å². The molecule has 3 rings (SSSR count). The minimum Gasteiger partial charge on any atom is -0.369 e. The van der Waals surface area contributed by atoms with Gasteiger partial charge in [0.05, 0.1) is 11.4 Å². The highest BCUT2D eigenvalue weighted by atomic mass is 79.9. The van der Waals surface area contributed by atoms with Crippen molar-refractivity contribution in [2.24, 2.45) is 10.7 Å². The van der Waals surface area contributed by atoms with Crippen LogP contribution in [0.4, 0.5) is 16.5 Å². The van der Waals surface area contributed by atoms with Gasteiger partial charge in [-0.15, -0.1) is 0 Å². The summed E-state index contributed by atoms with van der Waals surface area (Å²) in [6.07, 6.45) is 0. The topological polar surface area (TPSA) is 54.5 Å². The third kappa shape index (κ3) is 4.28. The monoisotopic (exact) mass is 500 g/mol. The van der Waals surface area contributed by atoms with Crippen LogP contribution in [0.2, 0.25) is 0 Å². The molecule has 0 aliphatic heterocycles. The lowest BCUT2D eigenvalue weighted by Gasteiger charge is -2.20. The summed E-state index contributed by atoms with van der Waals surface area (Å²) in [5.41, 5.74) is 7.92. The molecule has 0 aliphatic carbocycles. The zero-order valence-electron chi connectivity index (χ0n) is 12.0. The van der Waals surface area contributed by atoms with E-state index in [1.807, 2.05) is 48.5 Å². The van der Waals surface area contributed by atoms with Crippen molar-refractivity contribution >= 4 is 87.2 Å². The van der Waals surface area contributed by atoms with E-state index in [1.54, 1.807) is 4.90 Å². The smallest absolute Gasteiger partial charge is 0.209 e. The third-order valence-electron chi connectivity index (χ3n) is 2.95. The summed E-state index contributed by atoms with van der Waals surface area (Å²) in [6.45, 7) is 0. The van der Waals surface area contributed by atoms with Crippen LogP contribution in [0.5, 0.6) is 0 Å². The van der Waals surface area contributed by atoms with Gasteiger partial charge in [-0.3, -0.25) is 4.90 Å². The van der Waals surface area contributed by atoms with Crippen molar-refractivity contribution in [2.75, 3.05) is 4.90 Å². The maximum atomic E-state index is 6.29. The first-order valence-corrected chi connectivity index (χ1v) is 10.8. The van der Waals surface area contributed by atoms with Gasteiger partial charge in [0.15, 0.2) is 3.95 Å². The Morgan fingerprint density at radius 3 is 2.12 bits per heavy atom. The second-order valence-electron chi connectivity index (χ2n) is 4.59. The van der Waals surface area contributed by atoms with Crippen molar-refractivity contribution < 1.29 is 0 Å². The molecular weight excluding hydrogens is 492 g/mol. The molecule has 0 fully saturated rings. The molecule has 0 aliphatic rings. The summed E-state index contributed by atoms with van der Waals surface area (Å²) >= 11 is 12.0. The lowest BCUT2D eigenvalue weighted by atomic mass is 10.3. The van der Waals surface area contributed by atoms with Crippen LogP contribution >= 0.6 is 64.8 Å². The van der Waals surface area contributed by atoms with Gasteiger partial charge >= 0.3 is 0 Å². The molecule has 0 radical (unpaired) electrons. The van der Waals surface area contributed by atoms with Gasteiger partial charge in [-0.1, -0.05) is 31.9 Å². The van der Waals surface area contributed by atoms with Crippen LogP contribution < -0.4 is 10.6 Å². The predicted molar refractivity (Wildman–Crippen MR) is 113 cm³/mol. The maximum absolute atomic E-state index is 6.29. The molecule has 0 saturated heterocycles. The standard InChI is InChI=1S/C15H10Br2N4S3/c16-9-1-5-11(6-2-9)19-13(18)21(14-20-15(22)24-23-14)12-7-3-10(17)4-8-12/h1-8H,(H2,18,19). The second kappa shape index (κ2) is 7.83.